The van der Waals surface area contributed by atoms with Crippen LogP contribution in [0.25, 0.3) is 0 Å². The van der Waals surface area contributed by atoms with Crippen molar-refractivity contribution in [1.82, 2.24) is 0 Å². The monoisotopic (exact) mass is 431 g/mol. The number of ether oxygens (including phenoxy) is 1. The lowest BCUT2D eigenvalue weighted by Crippen LogP contribution is -2.58. The zero-order valence-electron chi connectivity index (χ0n) is 15.5. The Morgan fingerprint density at radius 3 is 2.45 bits per heavy atom. The molecule has 2 unspecified atom stereocenters. The summed E-state index contributed by atoms with van der Waals surface area (Å²) in [5.74, 6) is -0.876. The first-order valence-electron chi connectivity index (χ1n) is 9.54. The molecular formula is C20H21ClF3NO4. The van der Waals surface area contributed by atoms with Crippen molar-refractivity contribution in [3.63, 3.8) is 0 Å². The van der Waals surface area contributed by atoms with Crippen molar-refractivity contribution in [2.24, 2.45) is 17.3 Å². The van der Waals surface area contributed by atoms with Crippen molar-refractivity contribution >= 4 is 29.2 Å². The topological polar surface area (TPSA) is 75.6 Å². The van der Waals surface area contributed by atoms with E-state index in [1.54, 1.807) is 0 Å². The van der Waals surface area contributed by atoms with Gasteiger partial charge in [-0.3, -0.25) is 9.59 Å². The SMILES string of the molecule is O=C(COC(=O)C12CC3CC(CC(O)(C3)C1)C2)Nc1ccc(Cl)cc1C(F)(F)F. The Morgan fingerprint density at radius 2 is 1.86 bits per heavy atom. The molecule has 2 atom stereocenters. The molecule has 4 bridgehead atoms. The van der Waals surface area contributed by atoms with Gasteiger partial charge in [0.1, 0.15) is 0 Å². The molecule has 5 rings (SSSR count). The molecule has 5 nitrogen and oxygen atoms in total. The average Bonchev–Trinajstić information content (AvgIpc) is 2.58. The number of carbonyl (C=O) groups excluding carboxylic acids is 2. The fourth-order valence-electron chi connectivity index (χ4n) is 5.78. The van der Waals surface area contributed by atoms with E-state index in [4.69, 9.17) is 16.3 Å². The average molecular weight is 432 g/mol. The summed E-state index contributed by atoms with van der Waals surface area (Å²) >= 11 is 5.62. The van der Waals surface area contributed by atoms with E-state index >= 15 is 0 Å². The summed E-state index contributed by atoms with van der Waals surface area (Å²) in [5.41, 5.74) is -3.17. The molecule has 4 fully saturated rings. The molecule has 0 aromatic heterocycles. The maximum absolute atomic E-state index is 13.1. The van der Waals surface area contributed by atoms with Crippen molar-refractivity contribution in [1.29, 1.82) is 0 Å². The largest absolute Gasteiger partial charge is 0.455 e. The summed E-state index contributed by atoms with van der Waals surface area (Å²) in [6, 6.07) is 3.01. The summed E-state index contributed by atoms with van der Waals surface area (Å²) in [7, 11) is 0. The van der Waals surface area contributed by atoms with Crippen molar-refractivity contribution in [2.45, 2.75) is 50.3 Å². The van der Waals surface area contributed by atoms with Crippen LogP contribution in [0.3, 0.4) is 0 Å². The maximum Gasteiger partial charge on any atom is 0.418 e. The van der Waals surface area contributed by atoms with Crippen LogP contribution in [-0.4, -0.2) is 29.2 Å². The number of carbonyl (C=O) groups is 2. The molecule has 0 heterocycles. The molecule has 0 spiro atoms. The van der Waals surface area contributed by atoms with Crippen LogP contribution in [-0.2, 0) is 20.5 Å². The third-order valence-corrected chi connectivity index (χ3v) is 6.59. The molecule has 4 saturated carbocycles. The third kappa shape index (κ3) is 3.97. The highest BCUT2D eigenvalue weighted by molar-refractivity contribution is 6.30. The summed E-state index contributed by atoms with van der Waals surface area (Å²) in [5, 5.41) is 12.7. The number of nitrogens with one attached hydrogen (secondary N) is 1. The minimum absolute atomic E-state index is 0.110. The lowest BCUT2D eigenvalue weighted by atomic mass is 9.48. The molecule has 0 aliphatic heterocycles. The fraction of sp³-hybridized carbons (Fsp3) is 0.600. The van der Waals surface area contributed by atoms with Gasteiger partial charge in [0.2, 0.25) is 0 Å². The van der Waals surface area contributed by atoms with E-state index in [0.717, 1.165) is 18.6 Å². The number of esters is 1. The predicted octanol–water partition coefficient (Wildman–Crippen LogP) is 4.17. The second-order valence-electron chi connectivity index (χ2n) is 8.78. The van der Waals surface area contributed by atoms with Crippen molar-refractivity contribution in [2.75, 3.05) is 11.9 Å². The summed E-state index contributed by atoms with van der Waals surface area (Å²) in [4.78, 5) is 24.9. The molecule has 0 saturated heterocycles. The van der Waals surface area contributed by atoms with Crippen LogP contribution in [0, 0.1) is 17.3 Å². The minimum atomic E-state index is -4.70. The van der Waals surface area contributed by atoms with E-state index < -0.39 is 46.9 Å². The molecule has 1 amide bonds. The Kier molecular flexibility index (Phi) is 4.85. The first-order chi connectivity index (χ1) is 13.5. The molecule has 9 heteroatoms. The molecule has 158 valence electrons. The van der Waals surface area contributed by atoms with Crippen molar-refractivity contribution < 1.29 is 32.6 Å². The summed E-state index contributed by atoms with van der Waals surface area (Å²) < 4.78 is 44.6. The first kappa shape index (κ1) is 20.5. The maximum atomic E-state index is 13.1. The number of hydrogen-bond acceptors (Lipinski definition) is 4. The van der Waals surface area contributed by atoms with Gasteiger partial charge in [0, 0.05) is 5.02 Å². The number of alkyl halides is 3. The van der Waals surface area contributed by atoms with Gasteiger partial charge in [0.25, 0.3) is 5.91 Å². The van der Waals surface area contributed by atoms with Gasteiger partial charge in [-0.05, 0) is 68.6 Å². The molecule has 1 aromatic carbocycles. The number of aliphatic hydroxyl groups is 1. The smallest absolute Gasteiger partial charge is 0.418 e. The van der Waals surface area contributed by atoms with Crippen LogP contribution >= 0.6 is 11.6 Å². The van der Waals surface area contributed by atoms with E-state index in [9.17, 15) is 27.9 Å². The van der Waals surface area contributed by atoms with Crippen molar-refractivity contribution in [3.05, 3.63) is 28.8 Å². The van der Waals surface area contributed by atoms with E-state index in [-0.39, 0.29) is 16.9 Å². The molecule has 4 aliphatic rings. The van der Waals surface area contributed by atoms with Crippen LogP contribution in [0.2, 0.25) is 5.02 Å². The van der Waals surface area contributed by atoms with Crippen LogP contribution < -0.4 is 5.32 Å². The lowest BCUT2D eigenvalue weighted by Gasteiger charge is -2.58. The molecule has 0 radical (unpaired) electrons. The van der Waals surface area contributed by atoms with Gasteiger partial charge in [-0.1, -0.05) is 11.6 Å². The van der Waals surface area contributed by atoms with Gasteiger partial charge in [-0.25, -0.2) is 0 Å². The molecular weight excluding hydrogens is 411 g/mol. The lowest BCUT2D eigenvalue weighted by molar-refractivity contribution is -0.196. The van der Waals surface area contributed by atoms with E-state index in [1.165, 1.54) is 6.07 Å². The Hall–Kier alpha value is -1.80. The predicted molar refractivity (Wildman–Crippen MR) is 98.1 cm³/mol. The van der Waals surface area contributed by atoms with Gasteiger partial charge in [-0.2, -0.15) is 13.2 Å². The number of halogens is 4. The van der Waals surface area contributed by atoms with E-state index in [0.29, 0.717) is 32.1 Å². The van der Waals surface area contributed by atoms with Crippen LogP contribution in [0.1, 0.15) is 44.1 Å². The molecule has 29 heavy (non-hydrogen) atoms. The van der Waals surface area contributed by atoms with Crippen LogP contribution in [0.5, 0.6) is 0 Å². The van der Waals surface area contributed by atoms with E-state index in [2.05, 4.69) is 5.32 Å². The highest BCUT2D eigenvalue weighted by Gasteiger charge is 2.60. The number of amides is 1. The first-order valence-corrected chi connectivity index (χ1v) is 9.92. The quantitative estimate of drug-likeness (QED) is 0.701. The second-order valence-corrected chi connectivity index (χ2v) is 9.21. The van der Waals surface area contributed by atoms with Gasteiger partial charge in [0.15, 0.2) is 6.61 Å². The zero-order valence-corrected chi connectivity index (χ0v) is 16.3. The Balaban J connectivity index is 1.40. The second kappa shape index (κ2) is 6.87. The van der Waals surface area contributed by atoms with Crippen molar-refractivity contribution in [3.8, 4) is 0 Å². The number of rotatable bonds is 4. The van der Waals surface area contributed by atoms with Gasteiger partial charge >= 0.3 is 12.1 Å². The number of hydrogen-bond donors (Lipinski definition) is 2. The number of benzene rings is 1. The van der Waals surface area contributed by atoms with Gasteiger partial charge in [0.05, 0.1) is 22.3 Å². The van der Waals surface area contributed by atoms with Gasteiger partial charge in [-0.15, -0.1) is 0 Å². The summed E-state index contributed by atoms with van der Waals surface area (Å²) in [6.45, 7) is -0.686. The molecule has 4 aliphatic carbocycles. The zero-order chi connectivity index (χ0) is 21.0. The highest BCUT2D eigenvalue weighted by atomic mass is 35.5. The molecule has 1 aromatic rings. The Labute approximate surface area is 170 Å². The van der Waals surface area contributed by atoms with Gasteiger partial charge < -0.3 is 15.2 Å². The standard InChI is InChI=1S/C20H21ClF3NO4/c21-13-1-2-15(14(4-13)20(22,23)24)25-16(26)9-29-17(27)18-5-11-3-12(6-18)8-19(28,7-11)10-18/h1-2,4,11-12,28H,3,5-10H2,(H,25,26). The Bertz CT molecular complexity index is 843. The fourth-order valence-corrected chi connectivity index (χ4v) is 5.96. The summed E-state index contributed by atoms with van der Waals surface area (Å²) in [6.07, 6.45) is -0.745. The minimum Gasteiger partial charge on any atom is -0.455 e. The van der Waals surface area contributed by atoms with Crippen LogP contribution in [0.15, 0.2) is 18.2 Å². The third-order valence-electron chi connectivity index (χ3n) is 6.36. The highest BCUT2D eigenvalue weighted by Crippen LogP contribution is 2.62. The Morgan fingerprint density at radius 1 is 1.21 bits per heavy atom. The number of anilines is 1. The molecule has 2 N–H and O–H groups in total. The normalized spacial score (nSPS) is 32.9. The van der Waals surface area contributed by atoms with E-state index in [1.807, 2.05) is 0 Å². The van der Waals surface area contributed by atoms with Crippen LogP contribution in [0.4, 0.5) is 18.9 Å².